The molecule has 6 amide bonds. The number of hydrogen-bond donors (Lipinski definition) is 5. The molecule has 2 aromatic rings. The molecular weight excluding hydrogens is 697 g/mol. The van der Waals surface area contributed by atoms with Crippen LogP contribution >= 0.6 is 0 Å². The first-order chi connectivity index (χ1) is 25.1. The number of likely N-dealkylation sites (tertiary alicyclic amines) is 1. The Labute approximate surface area is 304 Å². The third-order valence-electron chi connectivity index (χ3n) is 8.61. The standard InChI is InChI=1S/C35H46FN7O10/c1-20(2)29(40-27(45)9-5-4-6-15-42-28(46)16-21(3)32(42)49)26(44)17-23(8-7-14-38-33(37)50)30(47)39-24-12-10-22(11-13-24)19-53-35(52)43-18-25(36)31(48)41-34(43)51/h10-13,18,20-21,23,29H,4-9,14-17,19H2,1-3H3,(H,39,47)(H,40,45)(H3,37,38,50)(H,41,48,51)/t21?,23-,29+/m1/s1. The number of nitrogens with two attached hydrogens (primary N) is 1. The topological polar surface area (TPSA) is 249 Å². The van der Waals surface area contributed by atoms with Crippen LogP contribution in [0, 0.1) is 23.6 Å². The van der Waals surface area contributed by atoms with Crippen LogP contribution in [-0.4, -0.2) is 75.1 Å². The second-order valence-electron chi connectivity index (χ2n) is 13.2. The molecule has 1 aromatic carbocycles. The number of carbonyl (C=O) groups is 7. The summed E-state index contributed by atoms with van der Waals surface area (Å²) in [5.74, 6) is -4.33. The molecule has 3 rings (SSSR count). The number of aromatic nitrogens is 2. The Morgan fingerprint density at radius 1 is 1.02 bits per heavy atom. The van der Waals surface area contributed by atoms with E-state index in [1.165, 1.54) is 29.2 Å². The van der Waals surface area contributed by atoms with E-state index in [1.807, 2.05) is 0 Å². The number of H-pyrrole nitrogens is 1. The van der Waals surface area contributed by atoms with Gasteiger partial charge >= 0.3 is 17.8 Å². The van der Waals surface area contributed by atoms with Gasteiger partial charge in [0.1, 0.15) is 6.61 Å². The summed E-state index contributed by atoms with van der Waals surface area (Å²) < 4.78 is 18.8. The number of nitrogens with one attached hydrogen (secondary N) is 4. The lowest BCUT2D eigenvalue weighted by atomic mass is 9.89. The number of halogens is 1. The molecule has 0 saturated carbocycles. The first-order valence-corrected chi connectivity index (χ1v) is 17.3. The smallest absolute Gasteiger partial charge is 0.422 e. The van der Waals surface area contributed by atoms with Crippen molar-refractivity contribution in [1.29, 1.82) is 0 Å². The van der Waals surface area contributed by atoms with E-state index in [9.17, 15) is 47.5 Å². The number of hydrogen-bond acceptors (Lipinski definition) is 10. The van der Waals surface area contributed by atoms with Crippen LogP contribution < -0.4 is 32.9 Å². The largest absolute Gasteiger partial charge is 0.444 e. The summed E-state index contributed by atoms with van der Waals surface area (Å²) in [6.07, 6.45) is 1.52. The predicted octanol–water partition coefficient (Wildman–Crippen LogP) is 1.92. The van der Waals surface area contributed by atoms with Crippen molar-refractivity contribution in [3.63, 3.8) is 0 Å². The fourth-order valence-electron chi connectivity index (χ4n) is 5.66. The monoisotopic (exact) mass is 743 g/mol. The zero-order valence-electron chi connectivity index (χ0n) is 29.9. The molecule has 18 heteroatoms. The number of amides is 6. The number of ether oxygens (including phenoxy) is 1. The molecular formula is C35H46FN7O10. The number of urea groups is 1. The molecule has 1 aromatic heterocycles. The highest BCUT2D eigenvalue weighted by Crippen LogP contribution is 2.21. The molecule has 0 bridgehead atoms. The zero-order valence-corrected chi connectivity index (χ0v) is 29.9. The number of imide groups is 1. The Morgan fingerprint density at radius 2 is 1.72 bits per heavy atom. The van der Waals surface area contributed by atoms with Crippen molar-refractivity contribution < 1.29 is 42.7 Å². The summed E-state index contributed by atoms with van der Waals surface area (Å²) in [5.41, 5.74) is 3.48. The Kier molecular flexibility index (Phi) is 15.6. The molecule has 2 heterocycles. The molecule has 1 aliphatic heterocycles. The molecule has 0 radical (unpaired) electrons. The minimum Gasteiger partial charge on any atom is -0.444 e. The van der Waals surface area contributed by atoms with Gasteiger partial charge in [0.25, 0.3) is 5.56 Å². The van der Waals surface area contributed by atoms with Gasteiger partial charge in [-0.25, -0.2) is 19.0 Å². The molecule has 3 atom stereocenters. The van der Waals surface area contributed by atoms with Crippen molar-refractivity contribution in [2.75, 3.05) is 18.4 Å². The van der Waals surface area contributed by atoms with Gasteiger partial charge in [-0.3, -0.25) is 38.7 Å². The average molecular weight is 744 g/mol. The summed E-state index contributed by atoms with van der Waals surface area (Å²) in [7, 11) is 0. The molecule has 53 heavy (non-hydrogen) atoms. The number of Topliss-reactive ketones (excluding diaryl/α,β-unsaturated/α-hetero) is 1. The lowest BCUT2D eigenvalue weighted by Gasteiger charge is -2.24. The second kappa shape index (κ2) is 19.8. The number of unbranched alkanes of at least 4 members (excludes halogenated alkanes) is 2. The number of ketones is 1. The summed E-state index contributed by atoms with van der Waals surface area (Å²) in [6.45, 7) is 5.41. The summed E-state index contributed by atoms with van der Waals surface area (Å²) in [4.78, 5) is 113. The number of carbonyl (C=O) groups excluding carboxylic acids is 7. The van der Waals surface area contributed by atoms with Gasteiger partial charge in [0.05, 0.1) is 12.2 Å². The van der Waals surface area contributed by atoms with E-state index in [2.05, 4.69) is 16.0 Å². The highest BCUT2D eigenvalue weighted by Gasteiger charge is 2.35. The number of anilines is 1. The van der Waals surface area contributed by atoms with Crippen molar-refractivity contribution in [3.05, 3.63) is 62.7 Å². The quantitative estimate of drug-likeness (QED) is 0.103. The van der Waals surface area contributed by atoms with Gasteiger partial charge in [0.15, 0.2) is 5.78 Å². The van der Waals surface area contributed by atoms with Gasteiger partial charge in [-0.2, -0.15) is 4.39 Å². The summed E-state index contributed by atoms with van der Waals surface area (Å²) >= 11 is 0. The Bertz CT molecular complexity index is 1790. The lowest BCUT2D eigenvalue weighted by molar-refractivity contribution is -0.139. The number of rotatable bonds is 19. The van der Waals surface area contributed by atoms with Crippen molar-refractivity contribution in [2.24, 2.45) is 23.5 Å². The van der Waals surface area contributed by atoms with Crippen LogP contribution in [-0.2, 0) is 35.3 Å². The van der Waals surface area contributed by atoms with E-state index < -0.39 is 47.1 Å². The van der Waals surface area contributed by atoms with Crippen LogP contribution in [0.2, 0.25) is 0 Å². The zero-order chi connectivity index (χ0) is 39.2. The first kappa shape index (κ1) is 41.7. The van der Waals surface area contributed by atoms with Crippen LogP contribution in [0.15, 0.2) is 40.1 Å². The second-order valence-corrected chi connectivity index (χ2v) is 13.2. The van der Waals surface area contributed by atoms with Gasteiger partial charge in [0, 0.05) is 49.9 Å². The van der Waals surface area contributed by atoms with Crippen molar-refractivity contribution in [1.82, 2.24) is 25.1 Å². The number of benzene rings is 1. The van der Waals surface area contributed by atoms with Gasteiger partial charge < -0.3 is 26.4 Å². The highest BCUT2D eigenvalue weighted by atomic mass is 19.1. The third kappa shape index (κ3) is 12.8. The maximum atomic E-state index is 13.5. The van der Waals surface area contributed by atoms with E-state index in [0.29, 0.717) is 49.7 Å². The molecule has 17 nitrogen and oxygen atoms in total. The molecule has 0 spiro atoms. The van der Waals surface area contributed by atoms with Crippen molar-refractivity contribution in [3.8, 4) is 0 Å². The van der Waals surface area contributed by atoms with Gasteiger partial charge in [0.2, 0.25) is 29.4 Å². The third-order valence-corrected chi connectivity index (χ3v) is 8.61. The highest BCUT2D eigenvalue weighted by molar-refractivity contribution is 6.03. The van der Waals surface area contributed by atoms with Crippen LogP contribution in [0.5, 0.6) is 0 Å². The van der Waals surface area contributed by atoms with E-state index >= 15 is 0 Å². The number of aromatic amines is 1. The average Bonchev–Trinajstić information content (AvgIpc) is 3.34. The fraction of sp³-hybridized carbons (Fsp3) is 0.514. The molecule has 1 unspecified atom stereocenters. The van der Waals surface area contributed by atoms with Crippen LogP contribution in [0.3, 0.4) is 0 Å². The summed E-state index contributed by atoms with van der Waals surface area (Å²) in [6, 6.07) is 4.46. The van der Waals surface area contributed by atoms with Gasteiger partial charge in [-0.1, -0.05) is 39.3 Å². The number of primary amides is 1. The van der Waals surface area contributed by atoms with Crippen molar-refractivity contribution in [2.45, 2.75) is 84.8 Å². The van der Waals surface area contributed by atoms with E-state index in [-0.39, 0.29) is 78.7 Å². The Hall–Kier alpha value is -5.68. The van der Waals surface area contributed by atoms with E-state index in [4.69, 9.17) is 10.5 Å². The summed E-state index contributed by atoms with van der Waals surface area (Å²) in [5, 5.41) is 7.98. The Morgan fingerprint density at radius 3 is 2.34 bits per heavy atom. The normalized spacial score (nSPS) is 15.2. The maximum absolute atomic E-state index is 13.5. The molecule has 1 saturated heterocycles. The molecule has 0 aliphatic carbocycles. The van der Waals surface area contributed by atoms with Crippen molar-refractivity contribution >= 4 is 47.2 Å². The van der Waals surface area contributed by atoms with Gasteiger partial charge in [-0.05, 0) is 49.3 Å². The number of nitrogens with zero attached hydrogens (tertiary/aromatic N) is 2. The lowest BCUT2D eigenvalue weighted by Crippen LogP contribution is -2.45. The van der Waals surface area contributed by atoms with E-state index in [0.717, 1.165) is 0 Å². The molecule has 6 N–H and O–H groups in total. The Balaban J connectivity index is 1.55. The molecule has 1 fully saturated rings. The minimum atomic E-state index is -1.35. The van der Waals surface area contributed by atoms with Crippen LogP contribution in [0.1, 0.15) is 77.7 Å². The van der Waals surface area contributed by atoms with Crippen LogP contribution in [0.25, 0.3) is 0 Å². The maximum Gasteiger partial charge on any atom is 0.422 e. The minimum absolute atomic E-state index is 0.136. The van der Waals surface area contributed by atoms with Gasteiger partial charge in [-0.15, -0.1) is 0 Å². The van der Waals surface area contributed by atoms with Crippen LogP contribution in [0.4, 0.5) is 19.7 Å². The first-order valence-electron chi connectivity index (χ1n) is 17.3. The fourth-order valence-corrected chi connectivity index (χ4v) is 5.66. The molecule has 288 valence electrons. The SMILES string of the molecule is CC1CC(=O)N(CCCCCC(=O)N[C@H](C(=O)C[C@@H](CCCNC(N)=O)C(=O)Nc2ccc(COC(=O)n3cc(F)c(=O)[nH]c3=O)cc2)C(C)C)C1=O. The predicted molar refractivity (Wildman–Crippen MR) is 188 cm³/mol. The molecule has 1 aliphatic rings. The van der Waals surface area contributed by atoms with E-state index in [1.54, 1.807) is 25.8 Å².